The van der Waals surface area contributed by atoms with E-state index >= 15 is 0 Å². The Hall–Kier alpha value is -2.48. The molecule has 8 heteroatoms. The molecule has 3 amide bonds. The molecular formula is C15H17N5O2S. The summed E-state index contributed by atoms with van der Waals surface area (Å²) in [7, 11) is 3.74. The van der Waals surface area contributed by atoms with Crippen LogP contribution in [0.15, 0.2) is 30.3 Å². The Kier molecular flexibility index (Phi) is 4.24. The number of hydrogen-bond donors (Lipinski definition) is 1. The Morgan fingerprint density at radius 2 is 2.00 bits per heavy atom. The van der Waals surface area contributed by atoms with Crippen molar-refractivity contribution >= 4 is 28.6 Å². The van der Waals surface area contributed by atoms with Crippen molar-refractivity contribution in [1.82, 2.24) is 19.6 Å². The number of imide groups is 1. The molecule has 1 N–H and O–H groups in total. The van der Waals surface area contributed by atoms with Gasteiger partial charge in [0.1, 0.15) is 6.04 Å². The third-order valence-corrected chi connectivity index (χ3v) is 4.45. The average molecular weight is 331 g/mol. The second kappa shape index (κ2) is 6.33. The molecule has 120 valence electrons. The summed E-state index contributed by atoms with van der Waals surface area (Å²) >= 11 is 1.24. The van der Waals surface area contributed by atoms with Crippen LogP contribution in [0, 0.1) is 0 Å². The number of urea groups is 1. The fraction of sp³-hybridized carbons (Fsp3) is 0.333. The molecule has 0 saturated carbocycles. The molecule has 2 aromatic rings. The molecular weight excluding hydrogens is 314 g/mol. The summed E-state index contributed by atoms with van der Waals surface area (Å²) in [5.41, 5.74) is 1.01. The minimum Gasteiger partial charge on any atom is -0.353 e. The summed E-state index contributed by atoms with van der Waals surface area (Å²) in [5.74, 6) is 0.239. The summed E-state index contributed by atoms with van der Waals surface area (Å²) in [6.07, 6.45) is 0.482. The number of aromatic nitrogens is 2. The topological polar surface area (TPSA) is 78.4 Å². The molecule has 1 saturated heterocycles. The van der Waals surface area contributed by atoms with Crippen molar-refractivity contribution in [1.29, 1.82) is 0 Å². The minimum absolute atomic E-state index is 0.0975. The van der Waals surface area contributed by atoms with Crippen molar-refractivity contribution in [3.05, 3.63) is 41.7 Å². The summed E-state index contributed by atoms with van der Waals surface area (Å²) in [6, 6.07) is 8.70. The Morgan fingerprint density at radius 3 is 2.65 bits per heavy atom. The monoisotopic (exact) mass is 331 g/mol. The molecule has 3 rings (SSSR count). The van der Waals surface area contributed by atoms with E-state index in [4.69, 9.17) is 0 Å². The van der Waals surface area contributed by atoms with Crippen LogP contribution < -0.4 is 10.2 Å². The molecule has 7 nitrogen and oxygen atoms in total. The number of nitrogens with zero attached hydrogens (tertiary/aromatic N) is 4. The highest BCUT2D eigenvalue weighted by molar-refractivity contribution is 7.09. The van der Waals surface area contributed by atoms with Gasteiger partial charge in [0.05, 0.1) is 6.54 Å². The van der Waals surface area contributed by atoms with Gasteiger partial charge in [-0.3, -0.25) is 9.69 Å². The maximum atomic E-state index is 12.4. The summed E-state index contributed by atoms with van der Waals surface area (Å²) in [5, 5.41) is 3.47. The Morgan fingerprint density at radius 1 is 1.26 bits per heavy atom. The first-order chi connectivity index (χ1) is 11.0. The summed E-state index contributed by atoms with van der Waals surface area (Å²) < 4.78 is 4.19. The van der Waals surface area contributed by atoms with Crippen LogP contribution in [0.3, 0.4) is 0 Å². The zero-order chi connectivity index (χ0) is 16.4. The van der Waals surface area contributed by atoms with Gasteiger partial charge < -0.3 is 10.2 Å². The molecule has 1 fully saturated rings. The highest BCUT2D eigenvalue weighted by Gasteiger charge is 2.38. The van der Waals surface area contributed by atoms with E-state index in [2.05, 4.69) is 14.7 Å². The molecule has 1 aromatic heterocycles. The minimum atomic E-state index is -0.531. The van der Waals surface area contributed by atoms with Gasteiger partial charge in [0.15, 0.2) is 5.82 Å². The average Bonchev–Trinajstić information content (AvgIpc) is 3.10. The normalized spacial score (nSPS) is 17.5. The van der Waals surface area contributed by atoms with Crippen molar-refractivity contribution in [2.45, 2.75) is 19.0 Å². The van der Waals surface area contributed by atoms with Crippen molar-refractivity contribution in [3.8, 4) is 0 Å². The van der Waals surface area contributed by atoms with Gasteiger partial charge in [-0.1, -0.05) is 30.3 Å². The molecule has 23 heavy (non-hydrogen) atoms. The van der Waals surface area contributed by atoms with Gasteiger partial charge in [-0.25, -0.2) is 9.78 Å². The molecule has 0 radical (unpaired) electrons. The van der Waals surface area contributed by atoms with Crippen LogP contribution in [0.2, 0.25) is 0 Å². The largest absolute Gasteiger partial charge is 0.353 e. The van der Waals surface area contributed by atoms with Crippen LogP contribution >= 0.6 is 11.5 Å². The van der Waals surface area contributed by atoms with Crippen LogP contribution in [0.1, 0.15) is 11.4 Å². The number of hydrogen-bond acceptors (Lipinski definition) is 6. The van der Waals surface area contributed by atoms with Gasteiger partial charge in [-0.2, -0.15) is 4.37 Å². The lowest BCUT2D eigenvalue weighted by molar-refractivity contribution is -0.127. The lowest BCUT2D eigenvalue weighted by Gasteiger charge is -2.11. The third-order valence-electron chi connectivity index (χ3n) is 3.53. The lowest BCUT2D eigenvalue weighted by atomic mass is 10.1. The Bertz CT molecular complexity index is 716. The number of anilines is 1. The molecule has 2 heterocycles. The van der Waals surface area contributed by atoms with Crippen LogP contribution in [0.25, 0.3) is 0 Å². The number of rotatable bonds is 5. The number of benzene rings is 1. The van der Waals surface area contributed by atoms with E-state index in [0.29, 0.717) is 12.2 Å². The van der Waals surface area contributed by atoms with Crippen LogP contribution in [-0.2, 0) is 17.8 Å². The predicted molar refractivity (Wildman–Crippen MR) is 87.3 cm³/mol. The van der Waals surface area contributed by atoms with Gasteiger partial charge in [0, 0.05) is 32.0 Å². The van der Waals surface area contributed by atoms with E-state index < -0.39 is 12.1 Å². The van der Waals surface area contributed by atoms with Gasteiger partial charge in [-0.05, 0) is 5.56 Å². The predicted octanol–water partition coefficient (Wildman–Crippen LogP) is 1.27. The molecule has 0 unspecified atom stereocenters. The fourth-order valence-corrected chi connectivity index (χ4v) is 2.94. The lowest BCUT2D eigenvalue weighted by Crippen LogP contribution is -2.32. The fourth-order valence-electron chi connectivity index (χ4n) is 2.35. The quantitative estimate of drug-likeness (QED) is 0.835. The van der Waals surface area contributed by atoms with E-state index in [1.807, 2.05) is 49.3 Å². The zero-order valence-electron chi connectivity index (χ0n) is 12.9. The van der Waals surface area contributed by atoms with Gasteiger partial charge in [-0.15, -0.1) is 0 Å². The third kappa shape index (κ3) is 3.31. The number of nitrogens with one attached hydrogen (secondary N) is 1. The molecule has 1 atom stereocenters. The first kappa shape index (κ1) is 15.4. The maximum Gasteiger partial charge on any atom is 0.325 e. The number of amides is 3. The van der Waals surface area contributed by atoms with Crippen molar-refractivity contribution in [3.63, 3.8) is 0 Å². The molecule has 1 aliphatic heterocycles. The molecule has 0 spiro atoms. The standard InChI is InChI=1S/C15H17N5O2S/c1-19(2)15-17-12(18-23-15)9-20-13(21)11(16-14(20)22)8-10-6-4-3-5-7-10/h3-7,11H,8-9H2,1-2H3,(H,16,22)/t11-/m1/s1. The van der Waals surface area contributed by atoms with Gasteiger partial charge in [0.25, 0.3) is 5.91 Å². The zero-order valence-corrected chi connectivity index (χ0v) is 13.7. The maximum absolute atomic E-state index is 12.4. The van der Waals surface area contributed by atoms with Crippen molar-refractivity contribution in [2.24, 2.45) is 0 Å². The molecule has 1 aliphatic rings. The molecule has 0 aliphatic carbocycles. The van der Waals surface area contributed by atoms with E-state index in [-0.39, 0.29) is 12.5 Å². The first-order valence-corrected chi connectivity index (χ1v) is 7.97. The highest BCUT2D eigenvalue weighted by atomic mass is 32.1. The van der Waals surface area contributed by atoms with Crippen LogP contribution in [0.5, 0.6) is 0 Å². The molecule has 1 aromatic carbocycles. The SMILES string of the molecule is CN(C)c1nc(CN2C(=O)N[C@H](Cc3ccccc3)C2=O)ns1. The Balaban J connectivity index is 1.68. The second-order valence-electron chi connectivity index (χ2n) is 5.50. The summed E-state index contributed by atoms with van der Waals surface area (Å²) in [6.45, 7) is 0.0975. The highest BCUT2D eigenvalue weighted by Crippen LogP contribution is 2.18. The van der Waals surface area contributed by atoms with E-state index in [1.165, 1.54) is 16.4 Å². The van der Waals surface area contributed by atoms with Crippen molar-refractivity contribution in [2.75, 3.05) is 19.0 Å². The van der Waals surface area contributed by atoms with Crippen molar-refractivity contribution < 1.29 is 9.59 Å². The first-order valence-electron chi connectivity index (χ1n) is 7.20. The van der Waals surface area contributed by atoms with Gasteiger partial charge >= 0.3 is 6.03 Å². The van der Waals surface area contributed by atoms with E-state index in [0.717, 1.165) is 10.7 Å². The van der Waals surface area contributed by atoms with Crippen LogP contribution in [-0.4, -0.2) is 46.3 Å². The van der Waals surface area contributed by atoms with E-state index in [9.17, 15) is 9.59 Å². The second-order valence-corrected chi connectivity index (χ2v) is 6.23. The number of carbonyl (C=O) groups is 2. The smallest absolute Gasteiger partial charge is 0.325 e. The molecule has 0 bridgehead atoms. The van der Waals surface area contributed by atoms with Crippen LogP contribution in [0.4, 0.5) is 9.93 Å². The van der Waals surface area contributed by atoms with Gasteiger partial charge in [0.2, 0.25) is 5.13 Å². The number of carbonyl (C=O) groups excluding carboxylic acids is 2. The summed E-state index contributed by atoms with van der Waals surface area (Å²) in [4.78, 5) is 31.8. The van der Waals surface area contributed by atoms with E-state index in [1.54, 1.807) is 0 Å². The Labute approximate surface area is 138 Å².